The molecular weight excluding hydrogens is 322 g/mol. The quantitative estimate of drug-likeness (QED) is 0.718. The van der Waals surface area contributed by atoms with Gasteiger partial charge in [-0.1, -0.05) is 0 Å². The van der Waals surface area contributed by atoms with Gasteiger partial charge in [0, 0.05) is 43.2 Å². The first-order chi connectivity index (χ1) is 11.8. The molecular formula is C17H23N5OS. The van der Waals surface area contributed by atoms with Gasteiger partial charge in [-0.05, 0) is 38.2 Å². The predicted molar refractivity (Wildman–Crippen MR) is 95.2 cm³/mol. The van der Waals surface area contributed by atoms with E-state index in [0.717, 1.165) is 19.3 Å². The number of hydrogen-bond acceptors (Lipinski definition) is 6. The summed E-state index contributed by atoms with van der Waals surface area (Å²) in [5.74, 6) is 0.606. The lowest BCUT2D eigenvalue weighted by molar-refractivity contribution is -0.120. The molecule has 0 bridgehead atoms. The summed E-state index contributed by atoms with van der Waals surface area (Å²) in [7, 11) is 0. The van der Waals surface area contributed by atoms with E-state index < -0.39 is 0 Å². The Morgan fingerprint density at radius 2 is 2.00 bits per heavy atom. The maximum atomic E-state index is 11.8. The molecule has 0 radical (unpaired) electrons. The highest BCUT2D eigenvalue weighted by Gasteiger charge is 2.14. The van der Waals surface area contributed by atoms with E-state index in [0.29, 0.717) is 25.5 Å². The Kier molecular flexibility index (Phi) is 6.12. The van der Waals surface area contributed by atoms with Crippen LogP contribution in [0.5, 0.6) is 0 Å². The highest BCUT2D eigenvalue weighted by Crippen LogP contribution is 2.27. The normalized spacial score (nSPS) is 13.3. The van der Waals surface area contributed by atoms with Crippen molar-refractivity contribution in [3.63, 3.8) is 0 Å². The Labute approximate surface area is 146 Å². The topological polar surface area (TPSA) is 79.8 Å². The van der Waals surface area contributed by atoms with Gasteiger partial charge in [-0.3, -0.25) is 4.79 Å². The molecule has 0 fully saturated rings. The van der Waals surface area contributed by atoms with Crippen LogP contribution in [0.25, 0.3) is 0 Å². The van der Waals surface area contributed by atoms with Gasteiger partial charge in [-0.15, -0.1) is 11.3 Å². The maximum absolute atomic E-state index is 11.8. The molecule has 0 aromatic carbocycles. The number of nitrogens with one attached hydrogen (secondary N) is 2. The second kappa shape index (κ2) is 8.73. The summed E-state index contributed by atoms with van der Waals surface area (Å²) in [4.78, 5) is 26.1. The number of amides is 1. The lowest BCUT2D eigenvalue weighted by Gasteiger charge is -2.06. The van der Waals surface area contributed by atoms with Gasteiger partial charge in [0.25, 0.3) is 0 Å². The molecule has 0 spiro atoms. The number of carbonyl (C=O) groups is 1. The molecule has 2 aromatic rings. The van der Waals surface area contributed by atoms with Crippen molar-refractivity contribution in [1.29, 1.82) is 0 Å². The van der Waals surface area contributed by atoms with Crippen LogP contribution in [-0.4, -0.2) is 33.9 Å². The van der Waals surface area contributed by atoms with Crippen molar-refractivity contribution >= 4 is 23.2 Å². The van der Waals surface area contributed by atoms with E-state index in [1.807, 2.05) is 11.3 Å². The fourth-order valence-electron chi connectivity index (χ4n) is 2.75. The molecule has 2 N–H and O–H groups in total. The van der Waals surface area contributed by atoms with Crippen molar-refractivity contribution in [2.24, 2.45) is 0 Å². The van der Waals surface area contributed by atoms with Crippen molar-refractivity contribution < 1.29 is 4.79 Å². The maximum Gasteiger partial charge on any atom is 0.222 e. The number of aromatic nitrogens is 3. The van der Waals surface area contributed by atoms with Gasteiger partial charge in [0.05, 0.1) is 10.7 Å². The van der Waals surface area contributed by atoms with E-state index in [9.17, 15) is 4.79 Å². The molecule has 0 saturated carbocycles. The molecule has 0 unspecified atom stereocenters. The fourth-order valence-corrected chi connectivity index (χ4v) is 3.94. The molecule has 0 saturated heterocycles. The van der Waals surface area contributed by atoms with Gasteiger partial charge in [-0.25, -0.2) is 15.0 Å². The van der Waals surface area contributed by atoms with Crippen molar-refractivity contribution in [3.8, 4) is 0 Å². The molecule has 1 aliphatic carbocycles. The highest BCUT2D eigenvalue weighted by molar-refractivity contribution is 7.11. The third-order valence-electron chi connectivity index (χ3n) is 3.98. The zero-order valence-corrected chi connectivity index (χ0v) is 14.6. The minimum atomic E-state index is 0.0527. The number of anilines is 1. The molecule has 2 heterocycles. The second-order valence-corrected chi connectivity index (χ2v) is 7.06. The summed E-state index contributed by atoms with van der Waals surface area (Å²) in [6.07, 6.45) is 10.6. The largest absolute Gasteiger partial charge is 0.356 e. The van der Waals surface area contributed by atoms with Crippen molar-refractivity contribution in [1.82, 2.24) is 20.3 Å². The number of aryl methyl sites for hydroxylation is 3. The molecule has 2 aromatic heterocycles. The molecule has 24 heavy (non-hydrogen) atoms. The summed E-state index contributed by atoms with van der Waals surface area (Å²) in [5, 5.41) is 7.21. The summed E-state index contributed by atoms with van der Waals surface area (Å²) in [5.41, 5.74) is 1.32. The zero-order chi connectivity index (χ0) is 16.6. The van der Waals surface area contributed by atoms with E-state index in [-0.39, 0.29) is 5.91 Å². The van der Waals surface area contributed by atoms with E-state index in [4.69, 9.17) is 4.98 Å². The first-order valence-electron chi connectivity index (χ1n) is 8.56. The van der Waals surface area contributed by atoms with Gasteiger partial charge < -0.3 is 10.6 Å². The van der Waals surface area contributed by atoms with E-state index >= 15 is 0 Å². The van der Waals surface area contributed by atoms with E-state index in [2.05, 4.69) is 20.6 Å². The average Bonchev–Trinajstić information content (AvgIpc) is 3.02. The summed E-state index contributed by atoms with van der Waals surface area (Å²) < 4.78 is 0. The molecule has 1 amide bonds. The van der Waals surface area contributed by atoms with Crippen LogP contribution in [0.3, 0.4) is 0 Å². The van der Waals surface area contributed by atoms with Crippen LogP contribution < -0.4 is 10.6 Å². The van der Waals surface area contributed by atoms with Crippen LogP contribution >= 0.6 is 11.3 Å². The number of thiazole rings is 1. The van der Waals surface area contributed by atoms with Crippen LogP contribution in [0.2, 0.25) is 0 Å². The van der Waals surface area contributed by atoms with Crippen LogP contribution in [0.1, 0.15) is 41.3 Å². The highest BCUT2D eigenvalue weighted by atomic mass is 32.1. The Morgan fingerprint density at radius 1 is 1.17 bits per heavy atom. The molecule has 0 atom stereocenters. The Morgan fingerprint density at radius 3 is 2.83 bits per heavy atom. The summed E-state index contributed by atoms with van der Waals surface area (Å²) in [6, 6.07) is 1.76. The monoisotopic (exact) mass is 345 g/mol. The van der Waals surface area contributed by atoms with Gasteiger partial charge in [0.15, 0.2) is 0 Å². The van der Waals surface area contributed by atoms with E-state index in [1.165, 1.54) is 34.8 Å². The Bertz CT molecular complexity index is 635. The van der Waals surface area contributed by atoms with Crippen molar-refractivity contribution in [2.75, 3.05) is 18.4 Å². The molecule has 6 nitrogen and oxygen atoms in total. The molecule has 0 aliphatic heterocycles. The standard InChI is InChI=1S/C17H23N5OS/c23-15(8-12-21-17-19-10-4-11-20-17)18-9-3-7-16-22-13-5-1-2-6-14(13)24-16/h4,10-11H,1-3,5-9,12H2,(H,18,23)(H,19,20,21). The first-order valence-corrected chi connectivity index (χ1v) is 9.38. The number of rotatable bonds is 8. The number of hydrogen-bond donors (Lipinski definition) is 2. The number of nitrogens with zero attached hydrogens (tertiary/aromatic N) is 3. The summed E-state index contributed by atoms with van der Waals surface area (Å²) in [6.45, 7) is 1.24. The Balaban J connectivity index is 1.29. The number of carbonyl (C=O) groups excluding carboxylic acids is 1. The molecule has 3 rings (SSSR count). The third-order valence-corrected chi connectivity index (χ3v) is 5.20. The van der Waals surface area contributed by atoms with Gasteiger partial charge in [0.1, 0.15) is 0 Å². The van der Waals surface area contributed by atoms with Crippen LogP contribution in [0, 0.1) is 0 Å². The molecule has 128 valence electrons. The van der Waals surface area contributed by atoms with Crippen LogP contribution in [0.15, 0.2) is 18.5 Å². The number of fused-ring (bicyclic) bond motifs is 1. The predicted octanol–water partition coefficient (Wildman–Crippen LogP) is 2.36. The smallest absolute Gasteiger partial charge is 0.222 e. The van der Waals surface area contributed by atoms with Crippen LogP contribution in [0.4, 0.5) is 5.95 Å². The minimum Gasteiger partial charge on any atom is -0.356 e. The van der Waals surface area contributed by atoms with Crippen molar-refractivity contribution in [2.45, 2.75) is 44.9 Å². The second-order valence-electron chi connectivity index (χ2n) is 5.89. The van der Waals surface area contributed by atoms with Gasteiger partial charge in [0.2, 0.25) is 11.9 Å². The molecule has 1 aliphatic rings. The third kappa shape index (κ3) is 4.99. The van der Waals surface area contributed by atoms with Gasteiger partial charge >= 0.3 is 0 Å². The van der Waals surface area contributed by atoms with E-state index in [1.54, 1.807) is 18.5 Å². The fraction of sp³-hybridized carbons (Fsp3) is 0.529. The van der Waals surface area contributed by atoms with Crippen LogP contribution in [-0.2, 0) is 24.1 Å². The lowest BCUT2D eigenvalue weighted by Crippen LogP contribution is -2.26. The SMILES string of the molecule is O=C(CCNc1ncccn1)NCCCc1nc2c(s1)CCCC2. The van der Waals surface area contributed by atoms with Gasteiger partial charge in [-0.2, -0.15) is 0 Å². The first kappa shape index (κ1) is 16.8. The zero-order valence-electron chi connectivity index (χ0n) is 13.8. The Hall–Kier alpha value is -2.02. The minimum absolute atomic E-state index is 0.0527. The average molecular weight is 345 g/mol. The van der Waals surface area contributed by atoms with Crippen molar-refractivity contribution in [3.05, 3.63) is 34.0 Å². The molecule has 7 heteroatoms. The lowest BCUT2D eigenvalue weighted by atomic mass is 10.0. The summed E-state index contributed by atoms with van der Waals surface area (Å²) >= 11 is 1.86.